The van der Waals surface area contributed by atoms with Crippen molar-refractivity contribution >= 4 is 11.8 Å². The molecule has 0 N–H and O–H groups in total. The summed E-state index contributed by atoms with van der Waals surface area (Å²) in [5.74, 6) is 3.44. The van der Waals surface area contributed by atoms with E-state index in [1.165, 1.54) is 19.3 Å². The van der Waals surface area contributed by atoms with Gasteiger partial charge in [0.15, 0.2) is 0 Å². The van der Waals surface area contributed by atoms with Crippen LogP contribution in [0.2, 0.25) is 0 Å². The van der Waals surface area contributed by atoms with Gasteiger partial charge in [-0.15, -0.1) is 0 Å². The van der Waals surface area contributed by atoms with Gasteiger partial charge in [-0.1, -0.05) is 38.5 Å². The van der Waals surface area contributed by atoms with Crippen LogP contribution in [0.4, 0.5) is 0 Å². The highest BCUT2D eigenvalue weighted by Gasteiger charge is 2.13. The predicted octanol–water partition coefficient (Wildman–Crippen LogP) is 2.87. The van der Waals surface area contributed by atoms with Gasteiger partial charge in [0.25, 0.3) is 0 Å². The number of carbonyl (C=O) groups excluding carboxylic acids is 2. The smallest absolute Gasteiger partial charge is 0.388 e. The molecule has 0 rings (SSSR count). The van der Waals surface area contributed by atoms with Crippen molar-refractivity contribution in [2.24, 2.45) is 0 Å². The summed E-state index contributed by atoms with van der Waals surface area (Å²) >= 11 is 0. The van der Waals surface area contributed by atoms with Gasteiger partial charge in [0, 0.05) is 6.42 Å². The zero-order valence-corrected chi connectivity index (χ0v) is 11.0. The summed E-state index contributed by atoms with van der Waals surface area (Å²) in [6, 6.07) is 0. The van der Waals surface area contributed by atoms with Crippen molar-refractivity contribution in [1.29, 1.82) is 0 Å². The van der Waals surface area contributed by atoms with E-state index in [-0.39, 0.29) is 6.10 Å². The number of unbranched alkanes of at least 4 members (excludes halogenated alkanes) is 5. The molecule has 0 bridgehead atoms. The molecule has 0 heterocycles. The molecule has 0 aromatic carbocycles. The monoisotopic (exact) mass is 238 g/mol. The molecule has 0 unspecified atom stereocenters. The van der Waals surface area contributed by atoms with Crippen molar-refractivity contribution in [1.82, 2.24) is 0 Å². The molecular formula is C14H22O3. The Kier molecular flexibility index (Phi) is 9.14. The number of hydrogen-bond acceptors (Lipinski definition) is 3. The highest BCUT2D eigenvalue weighted by molar-refractivity contribution is 6.40. The Labute approximate surface area is 104 Å². The molecule has 0 aromatic rings. The first-order valence-corrected chi connectivity index (χ1v) is 6.31. The van der Waals surface area contributed by atoms with Crippen LogP contribution in [0.25, 0.3) is 0 Å². The first kappa shape index (κ1) is 15.7. The summed E-state index contributed by atoms with van der Waals surface area (Å²) in [5.41, 5.74) is 0. The summed E-state index contributed by atoms with van der Waals surface area (Å²) in [4.78, 5) is 22.2. The molecule has 0 radical (unpaired) electrons. The average molecular weight is 238 g/mol. The fourth-order valence-electron chi connectivity index (χ4n) is 1.28. The number of esters is 1. The van der Waals surface area contributed by atoms with Gasteiger partial charge in [0.1, 0.15) is 0 Å². The highest BCUT2D eigenvalue weighted by Crippen LogP contribution is 2.03. The fourth-order valence-corrected chi connectivity index (χ4v) is 1.28. The number of ketones is 1. The Hall–Kier alpha value is -1.30. The zero-order valence-electron chi connectivity index (χ0n) is 11.0. The molecule has 0 atom stereocenters. The number of hydrogen-bond donors (Lipinski definition) is 0. The second kappa shape index (κ2) is 9.89. The maximum absolute atomic E-state index is 11.2. The van der Waals surface area contributed by atoms with E-state index in [9.17, 15) is 9.59 Å². The lowest BCUT2D eigenvalue weighted by atomic mass is 10.1. The summed E-state index contributed by atoms with van der Waals surface area (Å²) in [5, 5.41) is 0. The van der Waals surface area contributed by atoms with Gasteiger partial charge in [-0.05, 0) is 26.2 Å². The van der Waals surface area contributed by atoms with Gasteiger partial charge in [-0.2, -0.15) is 0 Å². The second-order valence-electron chi connectivity index (χ2n) is 4.25. The molecule has 3 heteroatoms. The SMILES string of the molecule is CCCCCCCC#CC(=O)C(=O)OC(C)C. The third-order valence-electron chi connectivity index (χ3n) is 2.14. The van der Waals surface area contributed by atoms with Gasteiger partial charge < -0.3 is 4.74 Å². The Bertz CT molecular complexity index is 294. The van der Waals surface area contributed by atoms with Gasteiger partial charge in [-0.3, -0.25) is 4.79 Å². The lowest BCUT2D eigenvalue weighted by molar-refractivity contribution is -0.154. The lowest BCUT2D eigenvalue weighted by Crippen LogP contribution is -2.19. The number of rotatable bonds is 7. The third kappa shape index (κ3) is 9.62. The minimum Gasteiger partial charge on any atom is -0.456 e. The predicted molar refractivity (Wildman–Crippen MR) is 67.4 cm³/mol. The summed E-state index contributed by atoms with van der Waals surface area (Å²) < 4.78 is 4.73. The van der Waals surface area contributed by atoms with Crippen molar-refractivity contribution in [2.45, 2.75) is 65.4 Å². The van der Waals surface area contributed by atoms with Crippen molar-refractivity contribution in [3.8, 4) is 11.8 Å². The molecule has 0 spiro atoms. The number of carbonyl (C=O) groups is 2. The van der Waals surface area contributed by atoms with Gasteiger partial charge in [0.05, 0.1) is 6.10 Å². The van der Waals surface area contributed by atoms with Gasteiger partial charge >= 0.3 is 11.8 Å². The van der Waals surface area contributed by atoms with Crippen LogP contribution >= 0.6 is 0 Å². The number of Topliss-reactive ketones (excluding diaryl/α,β-unsaturated/α-hetero) is 1. The molecule has 0 aliphatic rings. The maximum Gasteiger partial charge on any atom is 0.388 e. The zero-order chi connectivity index (χ0) is 13.1. The molecule has 3 nitrogen and oxygen atoms in total. The van der Waals surface area contributed by atoms with E-state index >= 15 is 0 Å². The molecule has 0 amide bonds. The first-order chi connectivity index (χ1) is 8.07. The van der Waals surface area contributed by atoms with Crippen LogP contribution in [-0.2, 0) is 14.3 Å². The largest absolute Gasteiger partial charge is 0.456 e. The minimum atomic E-state index is -0.849. The molecule has 0 saturated heterocycles. The van der Waals surface area contributed by atoms with Crippen molar-refractivity contribution in [3.63, 3.8) is 0 Å². The molecule has 0 aliphatic carbocycles. The summed E-state index contributed by atoms with van der Waals surface area (Å²) in [6.07, 6.45) is 6.18. The third-order valence-corrected chi connectivity index (χ3v) is 2.14. The maximum atomic E-state index is 11.2. The molecule has 0 aromatic heterocycles. The molecule has 0 aliphatic heterocycles. The van der Waals surface area contributed by atoms with E-state index in [0.29, 0.717) is 6.42 Å². The van der Waals surface area contributed by atoms with Crippen LogP contribution < -0.4 is 0 Å². The highest BCUT2D eigenvalue weighted by atomic mass is 16.5. The van der Waals surface area contributed by atoms with E-state index in [2.05, 4.69) is 18.8 Å². The van der Waals surface area contributed by atoms with E-state index in [4.69, 9.17) is 4.74 Å². The Morgan fingerprint density at radius 2 is 1.76 bits per heavy atom. The van der Waals surface area contributed by atoms with Crippen molar-refractivity contribution in [3.05, 3.63) is 0 Å². The Morgan fingerprint density at radius 1 is 1.12 bits per heavy atom. The van der Waals surface area contributed by atoms with Gasteiger partial charge in [0.2, 0.25) is 0 Å². The van der Waals surface area contributed by atoms with Crippen LogP contribution in [0.15, 0.2) is 0 Å². The van der Waals surface area contributed by atoms with Gasteiger partial charge in [-0.25, -0.2) is 4.79 Å². The van der Waals surface area contributed by atoms with Crippen molar-refractivity contribution in [2.75, 3.05) is 0 Å². The second-order valence-corrected chi connectivity index (χ2v) is 4.25. The van der Waals surface area contributed by atoms with Crippen LogP contribution in [0.5, 0.6) is 0 Å². The first-order valence-electron chi connectivity index (χ1n) is 6.31. The van der Waals surface area contributed by atoms with Crippen LogP contribution in [0, 0.1) is 11.8 Å². The molecule has 0 fully saturated rings. The number of ether oxygens (including phenoxy) is 1. The minimum absolute atomic E-state index is 0.276. The van der Waals surface area contributed by atoms with E-state index in [0.717, 1.165) is 12.8 Å². The Balaban J connectivity index is 3.70. The van der Waals surface area contributed by atoms with Crippen LogP contribution in [0.3, 0.4) is 0 Å². The lowest BCUT2D eigenvalue weighted by Gasteiger charge is -2.03. The van der Waals surface area contributed by atoms with E-state index < -0.39 is 11.8 Å². The molecule has 96 valence electrons. The summed E-state index contributed by atoms with van der Waals surface area (Å²) in [6.45, 7) is 5.57. The van der Waals surface area contributed by atoms with E-state index in [1.54, 1.807) is 13.8 Å². The van der Waals surface area contributed by atoms with Crippen LogP contribution in [0.1, 0.15) is 59.3 Å². The quantitative estimate of drug-likeness (QED) is 0.225. The standard InChI is InChI=1S/C14H22O3/c1-4-5-6-7-8-9-10-11-13(15)14(16)17-12(2)3/h12H,4-9H2,1-3H3. The topological polar surface area (TPSA) is 43.4 Å². The van der Waals surface area contributed by atoms with Crippen molar-refractivity contribution < 1.29 is 14.3 Å². The molecule has 17 heavy (non-hydrogen) atoms. The molecule has 0 saturated carbocycles. The van der Waals surface area contributed by atoms with E-state index in [1.807, 2.05) is 0 Å². The average Bonchev–Trinajstić information content (AvgIpc) is 2.26. The normalized spacial score (nSPS) is 9.65. The Morgan fingerprint density at radius 3 is 2.35 bits per heavy atom. The summed E-state index contributed by atoms with van der Waals surface area (Å²) in [7, 11) is 0. The molecular weight excluding hydrogens is 216 g/mol. The fraction of sp³-hybridized carbons (Fsp3) is 0.714. The van der Waals surface area contributed by atoms with Crippen LogP contribution in [-0.4, -0.2) is 17.9 Å².